The third-order valence-corrected chi connectivity index (χ3v) is 5.05. The minimum absolute atomic E-state index is 0.755. The molecule has 112 valence electrons. The maximum Gasteiger partial charge on any atom is 0.310 e. The number of nitrogens with zero attached hydrogens (tertiary/aromatic N) is 1. The van der Waals surface area contributed by atoms with Gasteiger partial charge in [0, 0.05) is 11.7 Å². The lowest BCUT2D eigenvalue weighted by Crippen LogP contribution is -2.56. The lowest BCUT2D eigenvalue weighted by atomic mass is 9.75. The van der Waals surface area contributed by atoms with E-state index >= 15 is 0 Å². The molecule has 1 rings (SSSR count). The van der Waals surface area contributed by atoms with Gasteiger partial charge < -0.3 is 5.11 Å². The number of aromatic nitrogens is 1. The highest BCUT2D eigenvalue weighted by molar-refractivity contribution is 7.89. The van der Waals surface area contributed by atoms with Crippen molar-refractivity contribution in [3.63, 3.8) is 0 Å². The maximum absolute atomic E-state index is 13.5. The molecule has 0 aliphatic heterocycles. The number of hydrogen-bond acceptors (Lipinski definition) is 4. The Morgan fingerprint density at radius 3 is 2.35 bits per heavy atom. The van der Waals surface area contributed by atoms with Gasteiger partial charge in [-0.25, -0.2) is 22.5 Å². The number of pyridine rings is 1. The minimum Gasteiger partial charge on any atom is -0.481 e. The van der Waals surface area contributed by atoms with Crippen LogP contribution in [0.1, 0.15) is 27.7 Å². The van der Waals surface area contributed by atoms with Crippen LogP contribution in [0, 0.1) is 11.2 Å². The smallest absolute Gasteiger partial charge is 0.310 e. The number of carboxylic acid groups (broad SMARTS) is 1. The maximum atomic E-state index is 13.5. The Bertz CT molecular complexity index is 626. The number of sulfonamides is 1. The van der Waals surface area contributed by atoms with Crippen LogP contribution in [0.2, 0.25) is 0 Å². The van der Waals surface area contributed by atoms with Gasteiger partial charge in [-0.2, -0.15) is 0 Å². The molecule has 1 heterocycles. The summed E-state index contributed by atoms with van der Waals surface area (Å²) in [6, 6.07) is 2.23. The summed E-state index contributed by atoms with van der Waals surface area (Å²) in [5.41, 5.74) is -2.74. The van der Waals surface area contributed by atoms with Gasteiger partial charge in [0.05, 0.1) is 5.41 Å². The summed E-state index contributed by atoms with van der Waals surface area (Å²) in [6.07, 6.45) is 1.15. The summed E-state index contributed by atoms with van der Waals surface area (Å²) in [4.78, 5) is 14.7. The van der Waals surface area contributed by atoms with E-state index in [1.165, 1.54) is 33.8 Å². The number of carbonyl (C=O) groups is 1. The van der Waals surface area contributed by atoms with E-state index in [1.807, 2.05) is 0 Å². The fraction of sp³-hybridized carbons (Fsp3) is 0.500. The Hall–Kier alpha value is -1.54. The third kappa shape index (κ3) is 2.96. The average molecular weight is 304 g/mol. The zero-order chi connectivity index (χ0) is 15.8. The molecular formula is C12H17FN2O4S. The zero-order valence-corrected chi connectivity index (χ0v) is 12.5. The van der Waals surface area contributed by atoms with Gasteiger partial charge in [-0.05, 0) is 39.8 Å². The van der Waals surface area contributed by atoms with Gasteiger partial charge in [-0.15, -0.1) is 0 Å². The molecule has 0 radical (unpaired) electrons. The Morgan fingerprint density at radius 2 is 1.90 bits per heavy atom. The summed E-state index contributed by atoms with van der Waals surface area (Å²) in [6.45, 7) is 5.60. The SMILES string of the molecule is CC(C)(NS(=O)(=O)c1ncccc1F)C(C)(C)C(=O)O. The van der Waals surface area contributed by atoms with Crippen molar-refractivity contribution < 1.29 is 22.7 Å². The van der Waals surface area contributed by atoms with Gasteiger partial charge in [0.15, 0.2) is 5.82 Å². The van der Waals surface area contributed by atoms with E-state index in [2.05, 4.69) is 9.71 Å². The molecule has 0 aliphatic carbocycles. The molecule has 6 nitrogen and oxygen atoms in total. The van der Waals surface area contributed by atoms with Gasteiger partial charge in [0.1, 0.15) is 0 Å². The van der Waals surface area contributed by atoms with E-state index in [9.17, 15) is 22.7 Å². The molecule has 0 amide bonds. The highest BCUT2D eigenvalue weighted by Gasteiger charge is 2.46. The standard InChI is InChI=1S/C12H17FN2O4S/c1-11(2,10(16)17)12(3,4)15-20(18,19)9-8(13)6-5-7-14-9/h5-7,15H,1-4H3,(H,16,17). The molecule has 0 atom stereocenters. The van der Waals surface area contributed by atoms with E-state index in [-0.39, 0.29) is 0 Å². The van der Waals surface area contributed by atoms with Crippen LogP contribution in [0.4, 0.5) is 4.39 Å². The number of rotatable bonds is 5. The van der Waals surface area contributed by atoms with Crippen molar-refractivity contribution in [2.75, 3.05) is 0 Å². The lowest BCUT2D eigenvalue weighted by Gasteiger charge is -2.38. The highest BCUT2D eigenvalue weighted by Crippen LogP contribution is 2.32. The molecule has 0 unspecified atom stereocenters. The normalized spacial score (nSPS) is 13.2. The van der Waals surface area contributed by atoms with Crippen LogP contribution >= 0.6 is 0 Å². The number of carboxylic acids is 1. The van der Waals surface area contributed by atoms with Crippen LogP contribution in [0.3, 0.4) is 0 Å². The van der Waals surface area contributed by atoms with Gasteiger partial charge in [0.2, 0.25) is 5.03 Å². The van der Waals surface area contributed by atoms with Gasteiger partial charge in [-0.3, -0.25) is 4.79 Å². The van der Waals surface area contributed by atoms with Crippen molar-refractivity contribution >= 4 is 16.0 Å². The van der Waals surface area contributed by atoms with E-state index in [1.54, 1.807) is 0 Å². The topological polar surface area (TPSA) is 96.4 Å². The van der Waals surface area contributed by atoms with Gasteiger partial charge in [-0.1, -0.05) is 0 Å². The van der Waals surface area contributed by atoms with Crippen molar-refractivity contribution in [3.05, 3.63) is 24.1 Å². The number of aliphatic carboxylic acids is 1. The van der Waals surface area contributed by atoms with Crippen LogP contribution < -0.4 is 4.72 Å². The fourth-order valence-electron chi connectivity index (χ4n) is 1.35. The first-order valence-electron chi connectivity index (χ1n) is 5.80. The number of halogens is 1. The van der Waals surface area contributed by atoms with Crippen molar-refractivity contribution in [3.8, 4) is 0 Å². The number of hydrogen-bond donors (Lipinski definition) is 2. The molecule has 0 aliphatic rings. The highest BCUT2D eigenvalue weighted by atomic mass is 32.2. The van der Waals surface area contributed by atoms with Crippen molar-refractivity contribution in [2.24, 2.45) is 5.41 Å². The molecular weight excluding hydrogens is 287 g/mol. The quantitative estimate of drug-likeness (QED) is 0.857. The molecule has 1 aromatic rings. The molecule has 0 bridgehead atoms. The third-order valence-electron chi connectivity index (χ3n) is 3.47. The van der Waals surface area contributed by atoms with Crippen LogP contribution in [0.15, 0.2) is 23.4 Å². The van der Waals surface area contributed by atoms with Crippen molar-refractivity contribution in [2.45, 2.75) is 38.3 Å². The van der Waals surface area contributed by atoms with Crippen LogP contribution in [0.25, 0.3) is 0 Å². The fourth-order valence-corrected chi connectivity index (χ4v) is 2.90. The first-order chi connectivity index (χ1) is 8.92. The van der Waals surface area contributed by atoms with Gasteiger partial charge >= 0.3 is 5.97 Å². The number of nitrogens with one attached hydrogen (secondary N) is 1. The Labute approximate surface area is 117 Å². The molecule has 20 heavy (non-hydrogen) atoms. The Morgan fingerprint density at radius 1 is 1.35 bits per heavy atom. The van der Waals surface area contributed by atoms with E-state index in [4.69, 9.17) is 0 Å². The summed E-state index contributed by atoms with van der Waals surface area (Å²) in [7, 11) is -4.26. The molecule has 8 heteroatoms. The summed E-state index contributed by atoms with van der Waals surface area (Å²) < 4.78 is 40.0. The Kier molecular flexibility index (Phi) is 4.21. The zero-order valence-electron chi connectivity index (χ0n) is 11.6. The van der Waals surface area contributed by atoms with Crippen molar-refractivity contribution in [1.82, 2.24) is 9.71 Å². The monoisotopic (exact) mass is 304 g/mol. The largest absolute Gasteiger partial charge is 0.481 e. The lowest BCUT2D eigenvalue weighted by molar-refractivity contribution is -0.150. The van der Waals surface area contributed by atoms with Crippen LogP contribution in [-0.2, 0) is 14.8 Å². The minimum atomic E-state index is -4.26. The molecule has 0 saturated heterocycles. The first-order valence-corrected chi connectivity index (χ1v) is 7.28. The van der Waals surface area contributed by atoms with Crippen molar-refractivity contribution in [1.29, 1.82) is 0 Å². The molecule has 0 saturated carbocycles. The Balaban J connectivity index is 3.21. The molecule has 0 fully saturated rings. The van der Waals surface area contributed by atoms with E-state index < -0.39 is 37.8 Å². The van der Waals surface area contributed by atoms with Gasteiger partial charge in [0.25, 0.3) is 10.0 Å². The molecule has 0 aromatic carbocycles. The summed E-state index contributed by atoms with van der Waals surface area (Å²) in [5, 5.41) is 8.42. The summed E-state index contributed by atoms with van der Waals surface area (Å²) >= 11 is 0. The first kappa shape index (κ1) is 16.5. The molecule has 0 spiro atoms. The second-order valence-electron chi connectivity index (χ2n) is 5.45. The van der Waals surface area contributed by atoms with Crippen LogP contribution in [0.5, 0.6) is 0 Å². The van der Waals surface area contributed by atoms with E-state index in [0.29, 0.717) is 0 Å². The predicted molar refractivity (Wildman–Crippen MR) is 70.0 cm³/mol. The second kappa shape index (κ2) is 5.10. The van der Waals surface area contributed by atoms with E-state index in [0.717, 1.165) is 12.3 Å². The average Bonchev–Trinajstić information content (AvgIpc) is 2.27. The summed E-state index contributed by atoms with van der Waals surface area (Å²) in [5.74, 6) is -2.17. The predicted octanol–water partition coefficient (Wildman–Crippen LogP) is 1.39. The molecule has 1 aromatic heterocycles. The second-order valence-corrected chi connectivity index (χ2v) is 7.05. The molecule has 2 N–H and O–H groups in total. The van der Waals surface area contributed by atoms with Crippen LogP contribution in [-0.4, -0.2) is 30.0 Å².